The maximum atomic E-state index is 11.7. The van der Waals surface area contributed by atoms with Gasteiger partial charge in [0.25, 0.3) is 0 Å². The van der Waals surface area contributed by atoms with Gasteiger partial charge in [-0.25, -0.2) is 0 Å². The van der Waals surface area contributed by atoms with Gasteiger partial charge < -0.3 is 16.2 Å². The average Bonchev–Trinajstić information content (AvgIpc) is 2.26. The van der Waals surface area contributed by atoms with Crippen LogP contribution in [0.3, 0.4) is 0 Å². The number of nitrogens with one attached hydrogen (secondary N) is 1. The smallest absolute Gasteiger partial charge is 0.237 e. The van der Waals surface area contributed by atoms with Crippen LogP contribution < -0.4 is 11.1 Å². The van der Waals surface area contributed by atoms with Crippen LogP contribution in [0.15, 0.2) is 0 Å². The lowest BCUT2D eigenvalue weighted by molar-refractivity contribution is -0.124. The first-order valence-electron chi connectivity index (χ1n) is 6.72. The summed E-state index contributed by atoms with van der Waals surface area (Å²) in [6.07, 6.45) is 5.35. The molecule has 0 bridgehead atoms. The molecular formula is C13H26N2O2. The molecule has 4 heteroatoms. The van der Waals surface area contributed by atoms with Gasteiger partial charge in [0.15, 0.2) is 0 Å². The topological polar surface area (TPSA) is 75.4 Å². The summed E-state index contributed by atoms with van der Waals surface area (Å²) in [5.41, 5.74) is 5.00. The van der Waals surface area contributed by atoms with E-state index in [1.807, 2.05) is 6.92 Å². The summed E-state index contributed by atoms with van der Waals surface area (Å²) in [7, 11) is 0. The van der Waals surface area contributed by atoms with Crippen molar-refractivity contribution < 1.29 is 9.90 Å². The van der Waals surface area contributed by atoms with Gasteiger partial charge in [0, 0.05) is 6.54 Å². The minimum absolute atomic E-state index is 0.140. The van der Waals surface area contributed by atoms with Crippen molar-refractivity contribution in [2.75, 3.05) is 6.54 Å². The summed E-state index contributed by atoms with van der Waals surface area (Å²) < 4.78 is 0. The fourth-order valence-corrected chi connectivity index (χ4v) is 2.62. The quantitative estimate of drug-likeness (QED) is 0.677. The zero-order valence-corrected chi connectivity index (χ0v) is 11.0. The van der Waals surface area contributed by atoms with Crippen LogP contribution in [-0.2, 0) is 4.79 Å². The van der Waals surface area contributed by atoms with Crippen molar-refractivity contribution in [3.05, 3.63) is 0 Å². The fraction of sp³-hybridized carbons (Fsp3) is 0.923. The van der Waals surface area contributed by atoms with Crippen molar-refractivity contribution in [1.82, 2.24) is 5.32 Å². The molecule has 1 aliphatic rings. The lowest BCUT2D eigenvalue weighted by Crippen LogP contribution is -2.49. The van der Waals surface area contributed by atoms with E-state index in [-0.39, 0.29) is 5.91 Å². The van der Waals surface area contributed by atoms with E-state index in [1.165, 1.54) is 6.42 Å². The number of carbonyl (C=O) groups is 1. The summed E-state index contributed by atoms with van der Waals surface area (Å²) in [6.45, 7) is 4.49. The molecule has 100 valence electrons. The maximum Gasteiger partial charge on any atom is 0.237 e. The first-order valence-corrected chi connectivity index (χ1v) is 6.72. The molecule has 1 rings (SSSR count). The van der Waals surface area contributed by atoms with Crippen molar-refractivity contribution in [3.63, 3.8) is 0 Å². The third-order valence-corrected chi connectivity index (χ3v) is 3.60. The molecule has 1 aliphatic carbocycles. The predicted molar refractivity (Wildman–Crippen MR) is 68.5 cm³/mol. The number of carbonyl (C=O) groups excluding carboxylic acids is 1. The van der Waals surface area contributed by atoms with Crippen molar-refractivity contribution in [3.8, 4) is 0 Å². The van der Waals surface area contributed by atoms with Crippen molar-refractivity contribution >= 4 is 5.91 Å². The lowest BCUT2D eigenvalue weighted by atomic mass is 9.79. The number of amides is 1. The van der Waals surface area contributed by atoms with Gasteiger partial charge in [-0.3, -0.25) is 4.79 Å². The van der Waals surface area contributed by atoms with E-state index < -0.39 is 11.6 Å². The fourth-order valence-electron chi connectivity index (χ4n) is 2.62. The van der Waals surface area contributed by atoms with E-state index in [4.69, 9.17) is 5.73 Å². The minimum atomic E-state index is -0.723. The molecule has 0 radical (unpaired) electrons. The predicted octanol–water partition coefficient (Wildman–Crippen LogP) is 1.17. The Morgan fingerprint density at radius 2 is 2.35 bits per heavy atom. The van der Waals surface area contributed by atoms with Crippen LogP contribution in [0.5, 0.6) is 0 Å². The molecule has 0 aromatic carbocycles. The second kappa shape index (κ2) is 6.36. The molecule has 0 spiro atoms. The van der Waals surface area contributed by atoms with E-state index in [0.29, 0.717) is 18.9 Å². The Balaban J connectivity index is 2.36. The van der Waals surface area contributed by atoms with Crippen LogP contribution in [0.25, 0.3) is 0 Å². The molecule has 4 nitrogen and oxygen atoms in total. The summed E-state index contributed by atoms with van der Waals surface area (Å²) in [5, 5.41) is 13.1. The zero-order valence-electron chi connectivity index (χ0n) is 11.0. The average molecular weight is 242 g/mol. The van der Waals surface area contributed by atoms with Gasteiger partial charge in [-0.2, -0.15) is 0 Å². The molecule has 0 heterocycles. The van der Waals surface area contributed by atoms with Crippen LogP contribution in [0.2, 0.25) is 0 Å². The van der Waals surface area contributed by atoms with E-state index in [9.17, 15) is 9.90 Å². The van der Waals surface area contributed by atoms with Crippen molar-refractivity contribution in [1.29, 1.82) is 0 Å². The highest BCUT2D eigenvalue weighted by Gasteiger charge is 2.33. The van der Waals surface area contributed by atoms with Crippen LogP contribution in [0.1, 0.15) is 52.4 Å². The first-order chi connectivity index (χ1) is 7.97. The largest absolute Gasteiger partial charge is 0.388 e. The number of rotatable bonds is 5. The maximum absolute atomic E-state index is 11.7. The molecule has 3 atom stereocenters. The lowest BCUT2D eigenvalue weighted by Gasteiger charge is -2.35. The normalized spacial score (nSPS) is 30.9. The molecular weight excluding hydrogens is 216 g/mol. The van der Waals surface area contributed by atoms with Gasteiger partial charge in [-0.1, -0.05) is 33.1 Å². The Labute approximate surface area is 104 Å². The van der Waals surface area contributed by atoms with Gasteiger partial charge in [0.1, 0.15) is 0 Å². The third-order valence-electron chi connectivity index (χ3n) is 3.60. The van der Waals surface area contributed by atoms with Crippen molar-refractivity contribution in [2.45, 2.75) is 64.0 Å². The molecule has 1 fully saturated rings. The van der Waals surface area contributed by atoms with E-state index in [1.54, 1.807) is 0 Å². The summed E-state index contributed by atoms with van der Waals surface area (Å²) in [4.78, 5) is 11.7. The molecule has 0 aromatic rings. The van der Waals surface area contributed by atoms with Gasteiger partial charge >= 0.3 is 0 Å². The molecule has 0 aliphatic heterocycles. The molecule has 17 heavy (non-hydrogen) atoms. The van der Waals surface area contributed by atoms with Gasteiger partial charge in [-0.05, 0) is 25.2 Å². The first kappa shape index (κ1) is 14.5. The SMILES string of the molecule is CCC[C@@H](N)C(=O)NCC1(O)CCCC(C)C1. The summed E-state index contributed by atoms with van der Waals surface area (Å²) >= 11 is 0. The Kier molecular flexibility index (Phi) is 5.40. The Hall–Kier alpha value is -0.610. The van der Waals surface area contributed by atoms with Crippen LogP contribution in [0, 0.1) is 5.92 Å². The Morgan fingerprint density at radius 3 is 2.94 bits per heavy atom. The number of hydrogen-bond acceptors (Lipinski definition) is 3. The monoisotopic (exact) mass is 242 g/mol. The second-order valence-electron chi connectivity index (χ2n) is 5.54. The third kappa shape index (κ3) is 4.64. The number of hydrogen-bond donors (Lipinski definition) is 3. The van der Waals surface area contributed by atoms with Gasteiger partial charge in [0.2, 0.25) is 5.91 Å². The summed E-state index contributed by atoms with van der Waals surface area (Å²) in [5.74, 6) is 0.397. The van der Waals surface area contributed by atoms with E-state index in [0.717, 1.165) is 25.7 Å². The molecule has 4 N–H and O–H groups in total. The van der Waals surface area contributed by atoms with Crippen LogP contribution in [0.4, 0.5) is 0 Å². The number of aliphatic hydroxyl groups is 1. The van der Waals surface area contributed by atoms with E-state index >= 15 is 0 Å². The van der Waals surface area contributed by atoms with E-state index in [2.05, 4.69) is 12.2 Å². The molecule has 1 amide bonds. The highest BCUT2D eigenvalue weighted by molar-refractivity contribution is 5.81. The highest BCUT2D eigenvalue weighted by Crippen LogP contribution is 2.31. The molecule has 0 saturated heterocycles. The standard InChI is InChI=1S/C13H26N2O2/c1-3-5-11(14)12(16)15-9-13(17)7-4-6-10(2)8-13/h10-11,17H,3-9,14H2,1-2H3,(H,15,16)/t10?,11-,13?/m1/s1. The molecule has 1 saturated carbocycles. The van der Waals surface area contributed by atoms with Gasteiger partial charge in [-0.15, -0.1) is 0 Å². The van der Waals surface area contributed by atoms with Crippen LogP contribution >= 0.6 is 0 Å². The minimum Gasteiger partial charge on any atom is -0.388 e. The molecule has 2 unspecified atom stereocenters. The van der Waals surface area contributed by atoms with Gasteiger partial charge in [0.05, 0.1) is 11.6 Å². The Morgan fingerprint density at radius 1 is 1.65 bits per heavy atom. The second-order valence-corrected chi connectivity index (χ2v) is 5.54. The van der Waals surface area contributed by atoms with Crippen LogP contribution in [-0.4, -0.2) is 29.2 Å². The zero-order chi connectivity index (χ0) is 12.9. The Bertz CT molecular complexity index is 258. The molecule has 0 aromatic heterocycles. The summed E-state index contributed by atoms with van der Waals surface area (Å²) in [6, 6.07) is -0.440. The highest BCUT2D eigenvalue weighted by atomic mass is 16.3. The van der Waals surface area contributed by atoms with Crippen molar-refractivity contribution in [2.24, 2.45) is 11.7 Å². The number of nitrogens with two attached hydrogens (primary N) is 1.